The maximum atomic E-state index is 11.0. The molecule has 2 N–H and O–H groups in total. The molecule has 0 spiro atoms. The van der Waals surface area contributed by atoms with Gasteiger partial charge in [0.1, 0.15) is 22.1 Å². The van der Waals surface area contributed by atoms with E-state index in [9.17, 15) is 4.79 Å². The predicted molar refractivity (Wildman–Crippen MR) is 83.9 cm³/mol. The minimum absolute atomic E-state index is 0.150. The van der Waals surface area contributed by atoms with Crippen molar-refractivity contribution in [3.05, 3.63) is 46.1 Å². The lowest BCUT2D eigenvalue weighted by molar-refractivity contribution is -0.136. The molecule has 4 nitrogen and oxygen atoms in total. The Morgan fingerprint density at radius 3 is 2.76 bits per heavy atom. The van der Waals surface area contributed by atoms with Gasteiger partial charge in [0.05, 0.1) is 10.0 Å². The van der Waals surface area contributed by atoms with Crippen molar-refractivity contribution in [2.75, 3.05) is 6.54 Å². The Labute approximate surface area is 135 Å². The second-order valence-electron chi connectivity index (χ2n) is 4.58. The normalized spacial score (nSPS) is 21.6. The molecule has 0 amide bonds. The molecule has 1 aliphatic heterocycles. The van der Waals surface area contributed by atoms with Gasteiger partial charge in [-0.05, 0) is 30.3 Å². The van der Waals surface area contributed by atoms with Gasteiger partial charge in [-0.25, -0.2) is 0 Å². The van der Waals surface area contributed by atoms with Gasteiger partial charge in [0.25, 0.3) is 0 Å². The van der Waals surface area contributed by atoms with Crippen LogP contribution in [0.25, 0.3) is 11.3 Å². The number of benzene rings is 1. The van der Waals surface area contributed by atoms with E-state index in [1.54, 1.807) is 12.1 Å². The van der Waals surface area contributed by atoms with Gasteiger partial charge in [0.2, 0.25) is 0 Å². The average molecular weight is 344 g/mol. The summed E-state index contributed by atoms with van der Waals surface area (Å²) < 4.78 is 5.80. The number of aliphatic carboxylic acids is 1. The molecular formula is C14H11Cl2NO3S. The van der Waals surface area contributed by atoms with Crippen LogP contribution in [-0.2, 0) is 4.79 Å². The number of rotatable bonds is 3. The molecule has 2 atom stereocenters. The molecule has 1 aromatic carbocycles. The van der Waals surface area contributed by atoms with Crippen LogP contribution in [0.1, 0.15) is 11.1 Å². The smallest absolute Gasteiger partial charge is 0.318 e. The standard InChI is InChI=1S/C14H11Cl2NO3S/c15-8-2-1-7(5-9(8)16)10-3-4-11(20-10)13-17-6-12(21-13)14(18)19/h1-5,12-13,17H,6H2,(H,18,19)/t12-,13-/m0/s1. The molecule has 2 aromatic rings. The highest BCUT2D eigenvalue weighted by Crippen LogP contribution is 2.38. The molecule has 0 unspecified atom stereocenters. The lowest BCUT2D eigenvalue weighted by Gasteiger charge is -2.06. The Morgan fingerprint density at radius 2 is 2.10 bits per heavy atom. The zero-order valence-electron chi connectivity index (χ0n) is 10.7. The Morgan fingerprint density at radius 1 is 1.29 bits per heavy atom. The van der Waals surface area contributed by atoms with Crippen molar-refractivity contribution in [2.24, 2.45) is 0 Å². The van der Waals surface area contributed by atoms with Crippen LogP contribution in [0.3, 0.4) is 0 Å². The lowest BCUT2D eigenvalue weighted by atomic mass is 10.2. The Balaban J connectivity index is 1.80. The fourth-order valence-corrected chi connectivity index (χ4v) is 3.47. The molecule has 2 heterocycles. The highest BCUT2D eigenvalue weighted by atomic mass is 35.5. The van der Waals surface area contributed by atoms with Gasteiger partial charge in [-0.3, -0.25) is 10.1 Å². The first-order valence-corrected chi connectivity index (χ1v) is 7.91. The van der Waals surface area contributed by atoms with Gasteiger partial charge in [0, 0.05) is 12.1 Å². The van der Waals surface area contributed by atoms with Crippen LogP contribution < -0.4 is 5.32 Å². The summed E-state index contributed by atoms with van der Waals surface area (Å²) in [6.45, 7) is 0.424. The van der Waals surface area contributed by atoms with Crippen molar-refractivity contribution in [1.29, 1.82) is 0 Å². The van der Waals surface area contributed by atoms with E-state index in [0.717, 1.165) is 5.56 Å². The van der Waals surface area contributed by atoms with Crippen molar-refractivity contribution in [1.82, 2.24) is 5.32 Å². The van der Waals surface area contributed by atoms with Crippen molar-refractivity contribution in [2.45, 2.75) is 10.6 Å². The number of nitrogens with one attached hydrogen (secondary N) is 1. The molecule has 3 rings (SSSR count). The summed E-state index contributed by atoms with van der Waals surface area (Å²) in [5.74, 6) is 0.556. The van der Waals surface area contributed by atoms with E-state index < -0.39 is 11.2 Å². The number of carboxylic acid groups (broad SMARTS) is 1. The number of halogens is 2. The monoisotopic (exact) mass is 343 g/mol. The average Bonchev–Trinajstić information content (AvgIpc) is 3.09. The third kappa shape index (κ3) is 3.06. The van der Waals surface area contributed by atoms with Gasteiger partial charge < -0.3 is 9.52 Å². The highest BCUT2D eigenvalue weighted by Gasteiger charge is 2.32. The maximum Gasteiger partial charge on any atom is 0.318 e. The van der Waals surface area contributed by atoms with E-state index in [-0.39, 0.29) is 5.37 Å². The summed E-state index contributed by atoms with van der Waals surface area (Å²) in [7, 11) is 0. The van der Waals surface area contributed by atoms with Crippen molar-refractivity contribution in [3.63, 3.8) is 0 Å². The molecule has 0 bridgehead atoms. The number of carbonyl (C=O) groups is 1. The molecule has 0 aliphatic carbocycles. The van der Waals surface area contributed by atoms with Crippen molar-refractivity contribution >= 4 is 40.9 Å². The molecule has 1 fully saturated rings. The molecule has 1 aliphatic rings. The summed E-state index contributed by atoms with van der Waals surface area (Å²) in [5, 5.41) is 12.5. The summed E-state index contributed by atoms with van der Waals surface area (Å²) in [6, 6.07) is 8.95. The zero-order valence-corrected chi connectivity index (χ0v) is 13.0. The van der Waals surface area contributed by atoms with Gasteiger partial charge in [-0.1, -0.05) is 23.2 Å². The Bertz CT molecular complexity index is 689. The van der Waals surface area contributed by atoms with Crippen LogP contribution in [0.15, 0.2) is 34.7 Å². The van der Waals surface area contributed by atoms with Crippen LogP contribution >= 0.6 is 35.0 Å². The molecule has 0 radical (unpaired) electrons. The molecule has 0 saturated carbocycles. The summed E-state index contributed by atoms with van der Waals surface area (Å²) in [5.41, 5.74) is 0.827. The van der Waals surface area contributed by atoms with Crippen molar-refractivity contribution < 1.29 is 14.3 Å². The van der Waals surface area contributed by atoms with Gasteiger partial charge >= 0.3 is 5.97 Å². The van der Waals surface area contributed by atoms with Crippen LogP contribution in [0.4, 0.5) is 0 Å². The first-order chi connectivity index (χ1) is 10.0. The van der Waals surface area contributed by atoms with E-state index in [0.29, 0.717) is 28.1 Å². The fraction of sp³-hybridized carbons (Fsp3) is 0.214. The second kappa shape index (κ2) is 5.93. The topological polar surface area (TPSA) is 62.5 Å². The molecule has 21 heavy (non-hydrogen) atoms. The Kier molecular flexibility index (Phi) is 4.17. The number of hydrogen-bond acceptors (Lipinski definition) is 4. The summed E-state index contributed by atoms with van der Waals surface area (Å²) in [6.07, 6.45) is 0. The predicted octanol–water partition coefficient (Wildman–Crippen LogP) is 4.04. The van der Waals surface area contributed by atoms with Crippen LogP contribution in [0.2, 0.25) is 10.0 Å². The van der Waals surface area contributed by atoms with Crippen molar-refractivity contribution in [3.8, 4) is 11.3 Å². The molecule has 1 aromatic heterocycles. The van der Waals surface area contributed by atoms with E-state index >= 15 is 0 Å². The minimum atomic E-state index is -0.814. The third-order valence-electron chi connectivity index (χ3n) is 3.15. The summed E-state index contributed by atoms with van der Waals surface area (Å²) >= 11 is 13.2. The van der Waals surface area contributed by atoms with Crippen LogP contribution in [0.5, 0.6) is 0 Å². The quantitative estimate of drug-likeness (QED) is 0.880. The molecular weight excluding hydrogens is 333 g/mol. The zero-order chi connectivity index (χ0) is 15.0. The highest BCUT2D eigenvalue weighted by molar-refractivity contribution is 8.01. The lowest BCUT2D eigenvalue weighted by Crippen LogP contribution is -2.21. The molecule has 7 heteroatoms. The third-order valence-corrected chi connectivity index (χ3v) is 5.26. The van der Waals surface area contributed by atoms with Gasteiger partial charge in [-0.15, -0.1) is 11.8 Å². The van der Waals surface area contributed by atoms with Crippen LogP contribution in [0, 0.1) is 0 Å². The van der Waals surface area contributed by atoms with Crippen LogP contribution in [-0.4, -0.2) is 22.9 Å². The second-order valence-corrected chi connectivity index (χ2v) is 6.71. The van der Waals surface area contributed by atoms with E-state index in [2.05, 4.69) is 5.32 Å². The number of hydrogen-bond donors (Lipinski definition) is 2. The fourth-order valence-electron chi connectivity index (χ4n) is 2.09. The number of furan rings is 1. The van der Waals surface area contributed by atoms with E-state index in [4.69, 9.17) is 32.7 Å². The largest absolute Gasteiger partial charge is 0.480 e. The van der Waals surface area contributed by atoms with Gasteiger partial charge in [-0.2, -0.15) is 0 Å². The molecule has 1 saturated heterocycles. The Hall–Kier alpha value is -1.14. The van der Waals surface area contributed by atoms with E-state index in [1.807, 2.05) is 18.2 Å². The van der Waals surface area contributed by atoms with Gasteiger partial charge in [0.15, 0.2) is 0 Å². The first kappa shape index (κ1) is 14.8. The SMILES string of the molecule is O=C(O)[C@@H]1CN[C@H](c2ccc(-c3ccc(Cl)c(Cl)c3)o2)S1. The number of carboxylic acids is 1. The first-order valence-electron chi connectivity index (χ1n) is 6.21. The van der Waals surface area contributed by atoms with E-state index in [1.165, 1.54) is 11.8 Å². The summed E-state index contributed by atoms with van der Waals surface area (Å²) in [4.78, 5) is 11.0. The molecule has 110 valence electrons. The maximum absolute atomic E-state index is 11.0. The number of thioether (sulfide) groups is 1. The minimum Gasteiger partial charge on any atom is -0.480 e.